The molecule has 0 aromatic heterocycles. The highest BCUT2D eigenvalue weighted by atomic mass is 16.6. The van der Waals surface area contributed by atoms with Crippen molar-refractivity contribution in [3.8, 4) is 5.75 Å². The maximum Gasteiger partial charge on any atom is 0.275 e. The molecule has 0 bridgehead atoms. The van der Waals surface area contributed by atoms with E-state index in [0.717, 1.165) is 31.4 Å². The van der Waals surface area contributed by atoms with Crippen LogP contribution < -0.4 is 15.0 Å². The van der Waals surface area contributed by atoms with E-state index in [4.69, 9.17) is 4.74 Å². The molecule has 0 heterocycles. The molecule has 2 rings (SSSR count). The summed E-state index contributed by atoms with van der Waals surface area (Å²) in [5, 5.41) is 14.3. The van der Waals surface area contributed by atoms with Gasteiger partial charge in [0.15, 0.2) is 0 Å². The standard InChI is InChI=1S/C15H23N3O3/c1-16-11-4-6-12(7-5-11)17(2)13-8-14(18(19)20)10-15(9-13)21-3/h8-12,16H,4-7H2,1-3H3. The molecule has 1 aliphatic rings. The van der Waals surface area contributed by atoms with E-state index in [-0.39, 0.29) is 10.6 Å². The van der Waals surface area contributed by atoms with Crippen molar-refractivity contribution in [2.45, 2.75) is 37.8 Å². The predicted molar refractivity (Wildman–Crippen MR) is 83.2 cm³/mol. The van der Waals surface area contributed by atoms with Crippen molar-refractivity contribution in [3.05, 3.63) is 28.3 Å². The predicted octanol–water partition coefficient (Wildman–Crippen LogP) is 2.57. The van der Waals surface area contributed by atoms with Gasteiger partial charge < -0.3 is 15.0 Å². The van der Waals surface area contributed by atoms with Gasteiger partial charge in [0, 0.05) is 37.0 Å². The third-order valence-corrected chi connectivity index (χ3v) is 4.38. The van der Waals surface area contributed by atoms with Crippen molar-refractivity contribution in [3.63, 3.8) is 0 Å². The molecule has 1 saturated carbocycles. The minimum Gasteiger partial charge on any atom is -0.496 e. The van der Waals surface area contributed by atoms with Crippen LogP contribution in [0, 0.1) is 10.1 Å². The first kappa shape index (κ1) is 15.6. The average Bonchev–Trinajstić information content (AvgIpc) is 2.53. The van der Waals surface area contributed by atoms with Crippen molar-refractivity contribution >= 4 is 11.4 Å². The fraction of sp³-hybridized carbons (Fsp3) is 0.600. The van der Waals surface area contributed by atoms with Crippen LogP contribution in [0.3, 0.4) is 0 Å². The lowest BCUT2D eigenvalue weighted by atomic mass is 9.90. The van der Waals surface area contributed by atoms with E-state index in [9.17, 15) is 10.1 Å². The van der Waals surface area contributed by atoms with Crippen molar-refractivity contribution in [1.29, 1.82) is 0 Å². The molecule has 0 unspecified atom stereocenters. The first-order valence-corrected chi connectivity index (χ1v) is 7.28. The first-order valence-electron chi connectivity index (χ1n) is 7.28. The van der Waals surface area contributed by atoms with Crippen molar-refractivity contribution in [2.75, 3.05) is 26.1 Å². The summed E-state index contributed by atoms with van der Waals surface area (Å²) in [7, 11) is 5.53. The van der Waals surface area contributed by atoms with Gasteiger partial charge in [0.1, 0.15) is 5.75 Å². The first-order chi connectivity index (χ1) is 10.0. The summed E-state index contributed by atoms with van der Waals surface area (Å²) >= 11 is 0. The summed E-state index contributed by atoms with van der Waals surface area (Å²) in [6.45, 7) is 0. The Morgan fingerprint density at radius 3 is 2.48 bits per heavy atom. The van der Waals surface area contributed by atoms with Gasteiger partial charge in [-0.1, -0.05) is 0 Å². The van der Waals surface area contributed by atoms with E-state index >= 15 is 0 Å². The van der Waals surface area contributed by atoms with Crippen molar-refractivity contribution in [2.24, 2.45) is 0 Å². The summed E-state index contributed by atoms with van der Waals surface area (Å²) < 4.78 is 5.18. The van der Waals surface area contributed by atoms with Crippen molar-refractivity contribution in [1.82, 2.24) is 5.32 Å². The van der Waals surface area contributed by atoms with Crippen LogP contribution in [0.1, 0.15) is 25.7 Å². The minimum atomic E-state index is -0.377. The Morgan fingerprint density at radius 2 is 1.95 bits per heavy atom. The number of rotatable bonds is 5. The van der Waals surface area contributed by atoms with E-state index in [2.05, 4.69) is 10.2 Å². The van der Waals surface area contributed by atoms with Crippen LogP contribution in [0.5, 0.6) is 5.75 Å². The summed E-state index contributed by atoms with van der Waals surface area (Å²) in [5.41, 5.74) is 0.911. The minimum absolute atomic E-state index is 0.0695. The molecule has 0 spiro atoms. The molecule has 6 nitrogen and oxygen atoms in total. The molecular weight excluding hydrogens is 270 g/mol. The van der Waals surface area contributed by atoms with E-state index in [0.29, 0.717) is 17.8 Å². The lowest BCUT2D eigenvalue weighted by molar-refractivity contribution is -0.384. The Kier molecular flexibility index (Phi) is 5.01. The molecule has 1 aromatic rings. The number of anilines is 1. The lowest BCUT2D eigenvalue weighted by Crippen LogP contribution is -2.39. The zero-order valence-corrected chi connectivity index (χ0v) is 12.8. The van der Waals surface area contributed by atoms with Gasteiger partial charge in [-0.15, -0.1) is 0 Å². The average molecular weight is 293 g/mol. The zero-order chi connectivity index (χ0) is 15.4. The molecule has 0 aliphatic heterocycles. The highest BCUT2D eigenvalue weighted by molar-refractivity contribution is 5.58. The van der Waals surface area contributed by atoms with Crippen LogP contribution in [0.25, 0.3) is 0 Å². The van der Waals surface area contributed by atoms with Crippen LogP contribution in [0.15, 0.2) is 18.2 Å². The number of nitro groups is 1. The molecule has 1 aromatic carbocycles. The molecule has 1 fully saturated rings. The van der Waals surface area contributed by atoms with E-state index in [1.165, 1.54) is 13.2 Å². The van der Waals surface area contributed by atoms with Crippen LogP contribution in [0.4, 0.5) is 11.4 Å². The van der Waals surface area contributed by atoms with E-state index < -0.39 is 0 Å². The molecule has 1 N–H and O–H groups in total. The number of hydrogen-bond donors (Lipinski definition) is 1. The SMILES string of the molecule is CNC1CCC(N(C)c2cc(OC)cc([N+](=O)[O-])c2)CC1. The van der Waals surface area contributed by atoms with Crippen LogP contribution in [-0.2, 0) is 0 Å². The Morgan fingerprint density at radius 1 is 1.29 bits per heavy atom. The smallest absolute Gasteiger partial charge is 0.275 e. The number of hydrogen-bond acceptors (Lipinski definition) is 5. The van der Waals surface area contributed by atoms with E-state index in [1.807, 2.05) is 20.2 Å². The molecule has 21 heavy (non-hydrogen) atoms. The van der Waals surface area contributed by atoms with Gasteiger partial charge in [-0.2, -0.15) is 0 Å². The van der Waals surface area contributed by atoms with Crippen molar-refractivity contribution < 1.29 is 9.66 Å². The Bertz CT molecular complexity index is 499. The number of nitrogens with zero attached hydrogens (tertiary/aromatic N) is 2. The second kappa shape index (κ2) is 6.76. The molecular formula is C15H23N3O3. The number of non-ortho nitro benzene ring substituents is 1. The molecule has 116 valence electrons. The Balaban J connectivity index is 2.16. The highest BCUT2D eigenvalue weighted by Crippen LogP contribution is 2.32. The normalized spacial score (nSPS) is 21.9. The van der Waals surface area contributed by atoms with Gasteiger partial charge in [0.05, 0.1) is 18.1 Å². The third-order valence-electron chi connectivity index (χ3n) is 4.38. The fourth-order valence-corrected chi connectivity index (χ4v) is 2.96. The Hall–Kier alpha value is -1.82. The van der Waals surface area contributed by atoms with Gasteiger partial charge in [0.2, 0.25) is 0 Å². The highest BCUT2D eigenvalue weighted by Gasteiger charge is 2.24. The molecule has 0 amide bonds. The fourth-order valence-electron chi connectivity index (χ4n) is 2.96. The van der Waals surface area contributed by atoms with Gasteiger partial charge in [-0.3, -0.25) is 10.1 Å². The third kappa shape index (κ3) is 3.64. The number of nitro benzene ring substituents is 1. The molecule has 0 atom stereocenters. The van der Waals surface area contributed by atoms with Gasteiger partial charge >= 0.3 is 0 Å². The van der Waals surface area contributed by atoms with Crippen LogP contribution >= 0.6 is 0 Å². The Labute approximate surface area is 125 Å². The second-order valence-corrected chi connectivity index (χ2v) is 5.55. The maximum atomic E-state index is 11.0. The topological polar surface area (TPSA) is 67.6 Å². The largest absolute Gasteiger partial charge is 0.496 e. The lowest BCUT2D eigenvalue weighted by Gasteiger charge is -2.36. The summed E-state index contributed by atoms with van der Waals surface area (Å²) in [5.74, 6) is 0.523. The number of methoxy groups -OCH3 is 1. The number of benzene rings is 1. The van der Waals surface area contributed by atoms with Gasteiger partial charge in [0.25, 0.3) is 5.69 Å². The molecule has 0 saturated heterocycles. The molecule has 6 heteroatoms. The van der Waals surface area contributed by atoms with E-state index in [1.54, 1.807) is 6.07 Å². The quantitative estimate of drug-likeness (QED) is 0.667. The zero-order valence-electron chi connectivity index (χ0n) is 12.8. The monoisotopic (exact) mass is 293 g/mol. The molecule has 0 radical (unpaired) electrons. The summed E-state index contributed by atoms with van der Waals surface area (Å²) in [6.07, 6.45) is 4.45. The summed E-state index contributed by atoms with van der Waals surface area (Å²) in [6, 6.07) is 5.94. The molecule has 1 aliphatic carbocycles. The number of nitrogens with one attached hydrogen (secondary N) is 1. The second-order valence-electron chi connectivity index (χ2n) is 5.55. The van der Waals surface area contributed by atoms with Gasteiger partial charge in [-0.25, -0.2) is 0 Å². The van der Waals surface area contributed by atoms with Crippen LogP contribution in [0.2, 0.25) is 0 Å². The summed E-state index contributed by atoms with van der Waals surface area (Å²) in [4.78, 5) is 12.8. The van der Waals surface area contributed by atoms with Crippen LogP contribution in [-0.4, -0.2) is 38.2 Å². The maximum absolute atomic E-state index is 11.0. The van der Waals surface area contributed by atoms with Gasteiger partial charge in [-0.05, 0) is 32.7 Å². The number of ether oxygens (including phenoxy) is 1.